The second kappa shape index (κ2) is 15.6. The van der Waals surface area contributed by atoms with Gasteiger partial charge in [-0.25, -0.2) is 4.79 Å². The van der Waals surface area contributed by atoms with Crippen LogP contribution in [0.3, 0.4) is 0 Å². The van der Waals surface area contributed by atoms with E-state index in [9.17, 15) is 14.7 Å². The maximum atomic E-state index is 13.4. The number of nitrogens with one attached hydrogen (secondary N) is 1. The summed E-state index contributed by atoms with van der Waals surface area (Å²) in [5.74, 6) is -0.0306. The number of carbonyl (C=O) groups is 2. The Morgan fingerprint density at radius 2 is 1.80 bits per heavy atom. The van der Waals surface area contributed by atoms with Gasteiger partial charge in [0, 0.05) is 5.56 Å². The molecule has 0 radical (unpaired) electrons. The van der Waals surface area contributed by atoms with E-state index in [4.69, 9.17) is 9.47 Å². The molecule has 1 amide bonds. The highest BCUT2D eigenvalue weighted by molar-refractivity contribution is 7.98. The molecular formula is C33H45NO5S. The fourth-order valence-corrected chi connectivity index (χ4v) is 6.15. The topological polar surface area (TPSA) is 84.9 Å². The average molecular weight is 568 g/mol. The molecule has 40 heavy (non-hydrogen) atoms. The molecule has 0 aliphatic heterocycles. The quantitative estimate of drug-likeness (QED) is 0.241. The van der Waals surface area contributed by atoms with Crippen LogP contribution in [0.5, 0.6) is 0 Å². The molecule has 2 saturated carbocycles. The fourth-order valence-electron chi connectivity index (χ4n) is 5.68. The van der Waals surface area contributed by atoms with Crippen molar-refractivity contribution in [3.8, 4) is 11.1 Å². The van der Waals surface area contributed by atoms with Crippen molar-refractivity contribution >= 4 is 23.6 Å². The molecule has 0 aromatic heterocycles. The summed E-state index contributed by atoms with van der Waals surface area (Å²) in [5.41, 5.74) is 4.26. The zero-order valence-corrected chi connectivity index (χ0v) is 24.8. The van der Waals surface area contributed by atoms with Crippen LogP contribution in [0.25, 0.3) is 11.1 Å². The van der Waals surface area contributed by atoms with Crippen LogP contribution in [0.1, 0.15) is 85.7 Å². The van der Waals surface area contributed by atoms with E-state index in [2.05, 4.69) is 5.32 Å². The number of ether oxygens (including phenoxy) is 2. The Kier molecular flexibility index (Phi) is 11.9. The highest BCUT2D eigenvalue weighted by atomic mass is 32.2. The van der Waals surface area contributed by atoms with E-state index in [0.717, 1.165) is 41.5 Å². The van der Waals surface area contributed by atoms with Crippen molar-refractivity contribution < 1.29 is 24.2 Å². The van der Waals surface area contributed by atoms with E-state index in [1.807, 2.05) is 55.6 Å². The number of benzene rings is 2. The molecule has 0 spiro atoms. The van der Waals surface area contributed by atoms with Crippen molar-refractivity contribution in [3.05, 3.63) is 59.2 Å². The summed E-state index contributed by atoms with van der Waals surface area (Å²) >= 11 is 1.56. The van der Waals surface area contributed by atoms with Crippen LogP contribution >= 0.6 is 11.8 Å². The van der Waals surface area contributed by atoms with Crippen molar-refractivity contribution in [2.45, 2.75) is 96.0 Å². The number of aryl methyl sites for hydroxylation is 1. The molecule has 4 rings (SSSR count). The number of rotatable bonds is 15. The molecule has 2 atom stereocenters. The number of thioether (sulfide) groups is 1. The van der Waals surface area contributed by atoms with Gasteiger partial charge < -0.3 is 19.9 Å². The first-order valence-electron chi connectivity index (χ1n) is 14.9. The lowest BCUT2D eigenvalue weighted by Gasteiger charge is -2.30. The third-order valence-corrected chi connectivity index (χ3v) is 9.00. The maximum Gasteiger partial charge on any atom is 0.326 e. The van der Waals surface area contributed by atoms with E-state index in [1.54, 1.807) is 11.8 Å². The minimum atomic E-state index is -1.02. The SMILES string of the molecule is CSCC[C@H](NC(=O)c1ccc(CO[C@H](COC2CCC2)CC2CCCCC2)cc1-c1ccccc1C)C(=O)O. The molecule has 7 heteroatoms. The van der Waals surface area contributed by atoms with Gasteiger partial charge in [-0.3, -0.25) is 4.79 Å². The van der Waals surface area contributed by atoms with Gasteiger partial charge in [0.2, 0.25) is 0 Å². The van der Waals surface area contributed by atoms with Crippen molar-refractivity contribution in [1.29, 1.82) is 0 Å². The lowest BCUT2D eigenvalue weighted by atomic mass is 9.85. The van der Waals surface area contributed by atoms with Crippen molar-refractivity contribution in [2.24, 2.45) is 5.92 Å². The van der Waals surface area contributed by atoms with Crippen LogP contribution in [-0.4, -0.2) is 53.8 Å². The fraction of sp³-hybridized carbons (Fsp3) is 0.576. The Balaban J connectivity index is 1.52. The maximum absolute atomic E-state index is 13.4. The molecule has 2 aliphatic rings. The average Bonchev–Trinajstić information content (AvgIpc) is 2.93. The number of carboxylic acids is 1. The summed E-state index contributed by atoms with van der Waals surface area (Å²) in [7, 11) is 0. The van der Waals surface area contributed by atoms with Gasteiger partial charge in [0.1, 0.15) is 6.04 Å². The van der Waals surface area contributed by atoms with Gasteiger partial charge in [-0.15, -0.1) is 0 Å². The zero-order valence-electron chi connectivity index (χ0n) is 24.0. The van der Waals surface area contributed by atoms with Crippen LogP contribution in [-0.2, 0) is 20.9 Å². The largest absolute Gasteiger partial charge is 0.480 e. The third kappa shape index (κ3) is 8.82. The van der Waals surface area contributed by atoms with E-state index >= 15 is 0 Å². The van der Waals surface area contributed by atoms with Gasteiger partial charge in [-0.1, -0.05) is 62.4 Å². The number of carboxylic acid groups (broad SMARTS) is 1. The molecule has 2 aromatic carbocycles. The van der Waals surface area contributed by atoms with Crippen LogP contribution in [0.2, 0.25) is 0 Å². The lowest BCUT2D eigenvalue weighted by Crippen LogP contribution is -2.41. The highest BCUT2D eigenvalue weighted by Gasteiger charge is 2.25. The number of amides is 1. The summed E-state index contributed by atoms with van der Waals surface area (Å²) in [4.78, 5) is 25.2. The van der Waals surface area contributed by atoms with Gasteiger partial charge in [-0.05, 0) is 91.3 Å². The second-order valence-corrected chi connectivity index (χ2v) is 12.4. The Morgan fingerprint density at radius 1 is 1.02 bits per heavy atom. The number of carbonyl (C=O) groups excluding carboxylic acids is 1. The molecule has 2 fully saturated rings. The molecule has 2 aromatic rings. The summed E-state index contributed by atoms with van der Waals surface area (Å²) in [5, 5.41) is 12.4. The van der Waals surface area contributed by atoms with E-state index < -0.39 is 12.0 Å². The molecule has 0 heterocycles. The molecule has 0 bridgehead atoms. The molecular weight excluding hydrogens is 522 g/mol. The Morgan fingerprint density at radius 3 is 2.48 bits per heavy atom. The van der Waals surface area contributed by atoms with Gasteiger partial charge in [0.25, 0.3) is 5.91 Å². The Bertz CT molecular complexity index is 1110. The number of aliphatic carboxylic acids is 1. The van der Waals surface area contributed by atoms with E-state index in [-0.39, 0.29) is 12.0 Å². The van der Waals surface area contributed by atoms with Crippen LogP contribution in [0.4, 0.5) is 0 Å². The first-order valence-corrected chi connectivity index (χ1v) is 16.3. The van der Waals surface area contributed by atoms with Gasteiger partial charge in [-0.2, -0.15) is 11.8 Å². The molecule has 2 N–H and O–H groups in total. The molecule has 6 nitrogen and oxygen atoms in total. The van der Waals surface area contributed by atoms with Crippen molar-refractivity contribution in [1.82, 2.24) is 5.32 Å². The predicted octanol–water partition coefficient (Wildman–Crippen LogP) is 7.02. The number of hydrogen-bond donors (Lipinski definition) is 2. The van der Waals surface area contributed by atoms with Crippen LogP contribution < -0.4 is 5.32 Å². The Labute approximate surface area is 243 Å². The molecule has 0 saturated heterocycles. The number of hydrogen-bond acceptors (Lipinski definition) is 5. The van der Waals surface area contributed by atoms with Crippen LogP contribution in [0.15, 0.2) is 42.5 Å². The summed E-state index contributed by atoms with van der Waals surface area (Å²) in [6.45, 7) is 3.10. The molecule has 218 valence electrons. The predicted molar refractivity (Wildman–Crippen MR) is 162 cm³/mol. The normalized spacial score (nSPS) is 17.6. The minimum Gasteiger partial charge on any atom is -0.480 e. The summed E-state index contributed by atoms with van der Waals surface area (Å²) in [6, 6.07) is 12.8. The van der Waals surface area contributed by atoms with Gasteiger partial charge >= 0.3 is 5.97 Å². The minimum absolute atomic E-state index is 0.0568. The zero-order chi connectivity index (χ0) is 28.3. The molecule has 0 unspecified atom stereocenters. The monoisotopic (exact) mass is 567 g/mol. The smallest absolute Gasteiger partial charge is 0.326 e. The van der Waals surface area contributed by atoms with Crippen LogP contribution in [0, 0.1) is 12.8 Å². The lowest BCUT2D eigenvalue weighted by molar-refractivity contribution is -0.139. The molecule has 2 aliphatic carbocycles. The van der Waals surface area contributed by atoms with Gasteiger partial charge in [0.05, 0.1) is 25.4 Å². The van der Waals surface area contributed by atoms with Gasteiger partial charge in [0.15, 0.2) is 0 Å². The summed E-state index contributed by atoms with van der Waals surface area (Å²) in [6.07, 6.45) is 13.8. The van der Waals surface area contributed by atoms with Crippen molar-refractivity contribution in [3.63, 3.8) is 0 Å². The first-order chi connectivity index (χ1) is 19.4. The first kappa shape index (κ1) is 30.6. The summed E-state index contributed by atoms with van der Waals surface area (Å²) < 4.78 is 12.7. The standard InChI is InChI=1S/C33H45NO5S/c1-23-9-6-7-14-28(23)30-20-25(15-16-29(30)32(35)34-31(33(36)37)17-18-40-2)21-38-27(22-39-26-12-8-13-26)19-24-10-4-3-5-11-24/h6-7,9,14-16,20,24,26-27,31H,3-5,8,10-13,17-19,21-22H2,1-2H3,(H,34,35)(H,36,37)/t27-,31-/m0/s1. The van der Waals surface area contributed by atoms with E-state index in [1.165, 1.54) is 38.5 Å². The van der Waals surface area contributed by atoms with Crippen molar-refractivity contribution in [2.75, 3.05) is 18.6 Å². The Hall–Kier alpha value is -2.35. The third-order valence-electron chi connectivity index (χ3n) is 8.35. The highest BCUT2D eigenvalue weighted by Crippen LogP contribution is 2.31. The second-order valence-electron chi connectivity index (χ2n) is 11.4. The van der Waals surface area contributed by atoms with E-state index in [0.29, 0.717) is 43.0 Å².